The predicted octanol–water partition coefficient (Wildman–Crippen LogP) is 4.68. The summed E-state index contributed by atoms with van der Waals surface area (Å²) in [6.07, 6.45) is 3.56. The number of ether oxygens (including phenoxy) is 1. The van der Waals surface area contributed by atoms with Crippen molar-refractivity contribution in [1.82, 2.24) is 20.2 Å². The van der Waals surface area contributed by atoms with Crippen molar-refractivity contribution in [1.29, 1.82) is 0 Å². The zero-order chi connectivity index (χ0) is 21.3. The summed E-state index contributed by atoms with van der Waals surface area (Å²) in [6.45, 7) is 1.91. The zero-order valence-corrected chi connectivity index (χ0v) is 18.2. The second-order valence-electron chi connectivity index (χ2n) is 6.78. The molecule has 1 amide bonds. The molecule has 9 heteroatoms. The second-order valence-corrected chi connectivity index (χ2v) is 8.13. The molecular weight excluding hydrogens is 470 g/mol. The number of benzene rings is 1. The van der Waals surface area contributed by atoms with Gasteiger partial charge in [-0.1, -0.05) is 27.5 Å². The van der Waals surface area contributed by atoms with Gasteiger partial charge in [-0.05, 0) is 48.9 Å². The fourth-order valence-corrected chi connectivity index (χ4v) is 4.09. The highest BCUT2D eigenvalue weighted by Crippen LogP contribution is 2.34. The number of carbonyl (C=O) groups excluding carboxylic acids is 1. The molecule has 0 saturated heterocycles. The van der Waals surface area contributed by atoms with Gasteiger partial charge in [0.1, 0.15) is 5.75 Å². The molecule has 1 aromatic carbocycles. The first-order valence-electron chi connectivity index (χ1n) is 9.09. The van der Waals surface area contributed by atoms with E-state index in [0.29, 0.717) is 33.6 Å². The molecule has 3 aromatic heterocycles. The molecule has 0 radical (unpaired) electrons. The fourth-order valence-electron chi connectivity index (χ4n) is 3.26. The second kappa shape index (κ2) is 8.41. The third-order valence-corrected chi connectivity index (χ3v) is 5.36. The summed E-state index contributed by atoms with van der Waals surface area (Å²) in [6, 6.07) is 10.8. The van der Waals surface area contributed by atoms with Crippen LogP contribution >= 0.6 is 27.5 Å². The fraction of sp³-hybridized carbons (Fsp3) is 0.143. The van der Waals surface area contributed by atoms with Gasteiger partial charge in [-0.2, -0.15) is 5.10 Å². The molecule has 0 aliphatic rings. The first-order valence-corrected chi connectivity index (χ1v) is 10.3. The van der Waals surface area contributed by atoms with Gasteiger partial charge in [-0.15, -0.1) is 0 Å². The van der Waals surface area contributed by atoms with Crippen molar-refractivity contribution >= 4 is 44.5 Å². The molecule has 0 aliphatic carbocycles. The Bertz CT molecular complexity index is 1220. The molecule has 0 fully saturated rings. The van der Waals surface area contributed by atoms with Crippen molar-refractivity contribution in [2.75, 3.05) is 0 Å². The minimum Gasteiger partial charge on any atom is -0.455 e. The van der Waals surface area contributed by atoms with Crippen LogP contribution in [0.25, 0.3) is 11.0 Å². The monoisotopic (exact) mass is 485 g/mol. The first-order chi connectivity index (χ1) is 14.4. The Kier molecular flexibility index (Phi) is 5.69. The van der Waals surface area contributed by atoms with Gasteiger partial charge < -0.3 is 10.5 Å². The number of carbonyl (C=O) groups is 1. The molecule has 3 heterocycles. The standard InChI is InChI=1S/C21H17BrClN5O2/c1-11-4-6-25-17(19(11)30-14-8-12(22)7-13(23)9-14)10-16(20(24)29)18-15-3-2-5-26-21(15)28-27-18/h2-9,16H,10H2,1H3,(H2,24,29)(H,26,27,28). The Labute approximate surface area is 185 Å². The van der Waals surface area contributed by atoms with Crippen LogP contribution in [0.3, 0.4) is 0 Å². The lowest BCUT2D eigenvalue weighted by atomic mass is 9.95. The number of primary amides is 1. The number of halogens is 2. The van der Waals surface area contributed by atoms with Crippen LogP contribution in [0.5, 0.6) is 11.5 Å². The topological polar surface area (TPSA) is 107 Å². The van der Waals surface area contributed by atoms with Crippen molar-refractivity contribution in [2.45, 2.75) is 19.3 Å². The quantitative estimate of drug-likeness (QED) is 0.411. The molecule has 152 valence electrons. The third kappa shape index (κ3) is 4.15. The number of nitrogens with one attached hydrogen (secondary N) is 1. The van der Waals surface area contributed by atoms with Gasteiger partial charge in [0.05, 0.1) is 17.3 Å². The number of amides is 1. The zero-order valence-electron chi connectivity index (χ0n) is 15.9. The Hall–Kier alpha value is -2.97. The summed E-state index contributed by atoms with van der Waals surface area (Å²) in [4.78, 5) is 21.0. The number of H-pyrrole nitrogens is 1. The highest BCUT2D eigenvalue weighted by molar-refractivity contribution is 9.10. The van der Waals surface area contributed by atoms with Crippen molar-refractivity contribution in [3.8, 4) is 11.5 Å². The van der Waals surface area contributed by atoms with E-state index in [9.17, 15) is 4.79 Å². The first kappa shape index (κ1) is 20.3. The maximum atomic E-state index is 12.4. The number of hydrogen-bond acceptors (Lipinski definition) is 5. The molecule has 1 unspecified atom stereocenters. The van der Waals surface area contributed by atoms with E-state index in [1.807, 2.05) is 25.1 Å². The number of fused-ring (bicyclic) bond motifs is 1. The maximum Gasteiger partial charge on any atom is 0.226 e. The van der Waals surface area contributed by atoms with Gasteiger partial charge in [-0.3, -0.25) is 14.9 Å². The molecule has 1 atom stereocenters. The summed E-state index contributed by atoms with van der Waals surface area (Å²) in [5.41, 5.74) is 8.34. The minimum absolute atomic E-state index is 0.236. The average molecular weight is 487 g/mol. The van der Waals surface area contributed by atoms with Crippen LogP contribution in [0.2, 0.25) is 5.02 Å². The van der Waals surface area contributed by atoms with E-state index in [1.165, 1.54) is 0 Å². The Morgan fingerprint density at radius 2 is 2.10 bits per heavy atom. The molecule has 3 N–H and O–H groups in total. The summed E-state index contributed by atoms with van der Waals surface area (Å²) in [5.74, 6) is -0.0653. The molecular formula is C21H17BrClN5O2. The summed E-state index contributed by atoms with van der Waals surface area (Å²) in [5, 5.41) is 8.37. The maximum absolute atomic E-state index is 12.4. The van der Waals surface area contributed by atoms with Gasteiger partial charge >= 0.3 is 0 Å². The van der Waals surface area contributed by atoms with E-state index in [0.717, 1.165) is 15.4 Å². The van der Waals surface area contributed by atoms with E-state index in [1.54, 1.807) is 30.6 Å². The van der Waals surface area contributed by atoms with Crippen LogP contribution < -0.4 is 10.5 Å². The van der Waals surface area contributed by atoms with Crippen molar-refractivity contribution < 1.29 is 9.53 Å². The number of hydrogen-bond donors (Lipinski definition) is 2. The summed E-state index contributed by atoms with van der Waals surface area (Å²) in [7, 11) is 0. The number of rotatable bonds is 6. The van der Waals surface area contributed by atoms with Crippen molar-refractivity contribution in [2.24, 2.45) is 5.73 Å². The lowest BCUT2D eigenvalue weighted by molar-refractivity contribution is -0.119. The van der Waals surface area contributed by atoms with E-state index < -0.39 is 11.8 Å². The molecule has 7 nitrogen and oxygen atoms in total. The molecule has 0 aliphatic heterocycles. The number of nitrogens with zero attached hydrogens (tertiary/aromatic N) is 3. The van der Waals surface area contributed by atoms with Gasteiger partial charge in [0.25, 0.3) is 0 Å². The average Bonchev–Trinajstić information content (AvgIpc) is 3.11. The number of pyridine rings is 2. The van der Waals surface area contributed by atoms with E-state index in [4.69, 9.17) is 22.1 Å². The van der Waals surface area contributed by atoms with Crippen LogP contribution in [-0.2, 0) is 11.2 Å². The normalized spacial score (nSPS) is 12.1. The number of aryl methyl sites for hydroxylation is 1. The highest BCUT2D eigenvalue weighted by atomic mass is 79.9. The lowest BCUT2D eigenvalue weighted by Gasteiger charge is -2.17. The number of nitrogens with two attached hydrogens (primary N) is 1. The van der Waals surface area contributed by atoms with Crippen LogP contribution in [-0.4, -0.2) is 26.1 Å². The Balaban J connectivity index is 1.73. The van der Waals surface area contributed by atoms with Gasteiger partial charge in [0, 0.05) is 33.7 Å². The Morgan fingerprint density at radius 1 is 1.27 bits per heavy atom. The molecule has 4 aromatic rings. The third-order valence-electron chi connectivity index (χ3n) is 4.68. The molecule has 0 saturated carbocycles. The van der Waals surface area contributed by atoms with Gasteiger partial charge in [-0.25, -0.2) is 4.98 Å². The Morgan fingerprint density at radius 3 is 2.87 bits per heavy atom. The lowest BCUT2D eigenvalue weighted by Crippen LogP contribution is -2.24. The molecule has 30 heavy (non-hydrogen) atoms. The highest BCUT2D eigenvalue weighted by Gasteiger charge is 2.26. The minimum atomic E-state index is -0.679. The van der Waals surface area contributed by atoms with Crippen molar-refractivity contribution in [3.05, 3.63) is 75.2 Å². The molecule has 4 rings (SSSR count). The van der Waals surface area contributed by atoms with Crippen LogP contribution in [0.4, 0.5) is 0 Å². The smallest absolute Gasteiger partial charge is 0.226 e. The molecule has 0 spiro atoms. The molecule has 0 bridgehead atoms. The van der Waals surface area contributed by atoms with E-state index in [2.05, 4.69) is 36.1 Å². The van der Waals surface area contributed by atoms with Gasteiger partial charge in [0.15, 0.2) is 11.4 Å². The van der Waals surface area contributed by atoms with Crippen LogP contribution in [0.1, 0.15) is 22.9 Å². The van der Waals surface area contributed by atoms with Crippen LogP contribution in [0, 0.1) is 6.92 Å². The number of aromatic nitrogens is 4. The van der Waals surface area contributed by atoms with Crippen LogP contribution in [0.15, 0.2) is 53.3 Å². The summed E-state index contributed by atoms with van der Waals surface area (Å²) < 4.78 is 6.91. The largest absolute Gasteiger partial charge is 0.455 e. The van der Waals surface area contributed by atoms with Gasteiger partial charge in [0.2, 0.25) is 5.91 Å². The number of aromatic amines is 1. The summed E-state index contributed by atoms with van der Waals surface area (Å²) >= 11 is 9.55. The van der Waals surface area contributed by atoms with E-state index >= 15 is 0 Å². The van der Waals surface area contributed by atoms with Crippen molar-refractivity contribution in [3.63, 3.8) is 0 Å². The SMILES string of the molecule is Cc1ccnc(CC(C(N)=O)c2[nH]nc3ncccc23)c1Oc1cc(Cl)cc(Br)c1. The predicted molar refractivity (Wildman–Crippen MR) is 118 cm³/mol. The van der Waals surface area contributed by atoms with E-state index in [-0.39, 0.29) is 6.42 Å².